The summed E-state index contributed by atoms with van der Waals surface area (Å²) < 4.78 is 4.74. The van der Waals surface area contributed by atoms with Crippen LogP contribution in [0, 0.1) is 5.92 Å². The van der Waals surface area contributed by atoms with E-state index in [1.54, 1.807) is 0 Å². The largest absolute Gasteiger partial charge is 0.469 e. The molecule has 33 heavy (non-hydrogen) atoms. The normalized spacial score (nSPS) is 12.2. The highest BCUT2D eigenvalue weighted by Crippen LogP contribution is 2.24. The first-order valence-corrected chi connectivity index (χ1v) is 15.3. The van der Waals surface area contributed by atoms with Crippen molar-refractivity contribution < 1.29 is 9.53 Å². The quantitative estimate of drug-likeness (QED) is 0.0888. The third kappa shape index (κ3) is 25.9. The molecule has 0 rings (SSSR count). The molecule has 0 saturated heterocycles. The van der Waals surface area contributed by atoms with Crippen LogP contribution in [0.1, 0.15) is 181 Å². The zero-order valence-electron chi connectivity index (χ0n) is 23.3. The minimum atomic E-state index is -0.0541. The summed E-state index contributed by atoms with van der Waals surface area (Å²) in [5.74, 6) is 0.890. The number of ether oxygens (including phenoxy) is 1. The fourth-order valence-corrected chi connectivity index (χ4v) is 5.08. The van der Waals surface area contributed by atoms with E-state index in [0.29, 0.717) is 6.42 Å². The Hall–Kier alpha value is -0.530. The van der Waals surface area contributed by atoms with E-state index >= 15 is 0 Å². The van der Waals surface area contributed by atoms with E-state index in [-0.39, 0.29) is 5.97 Å². The lowest BCUT2D eigenvalue weighted by Crippen LogP contribution is -2.02. The van der Waals surface area contributed by atoms with Gasteiger partial charge in [-0.25, -0.2) is 0 Å². The van der Waals surface area contributed by atoms with Crippen LogP contribution in [0.15, 0.2) is 0 Å². The summed E-state index contributed by atoms with van der Waals surface area (Å²) in [5, 5.41) is 0. The minimum absolute atomic E-state index is 0.0541. The number of hydrogen-bond acceptors (Lipinski definition) is 2. The maximum Gasteiger partial charge on any atom is 0.305 e. The molecule has 0 fully saturated rings. The van der Waals surface area contributed by atoms with Crippen LogP contribution in [0.3, 0.4) is 0 Å². The van der Waals surface area contributed by atoms with Crippen molar-refractivity contribution in [3.8, 4) is 0 Å². The van der Waals surface area contributed by atoms with Crippen LogP contribution in [0.2, 0.25) is 0 Å². The number of unbranched alkanes of at least 4 members (excludes halogenated alkanes) is 19. The first-order chi connectivity index (χ1) is 16.2. The van der Waals surface area contributed by atoms with Gasteiger partial charge >= 0.3 is 5.97 Å². The first kappa shape index (κ1) is 32.5. The van der Waals surface area contributed by atoms with Crippen LogP contribution in [0.25, 0.3) is 0 Å². The van der Waals surface area contributed by atoms with Crippen molar-refractivity contribution in [1.29, 1.82) is 0 Å². The molecule has 0 N–H and O–H groups in total. The zero-order valence-corrected chi connectivity index (χ0v) is 23.3. The molecule has 2 nitrogen and oxygen atoms in total. The smallest absolute Gasteiger partial charge is 0.305 e. The lowest BCUT2D eigenvalue weighted by atomic mass is 9.89. The SMILES string of the molecule is CCCCCCCCCCCCCCCC[C@H](CCCCCC)CCCCCCC(=O)OC. The maximum absolute atomic E-state index is 11.2. The van der Waals surface area contributed by atoms with Crippen molar-refractivity contribution in [2.75, 3.05) is 7.11 Å². The molecule has 0 aromatic rings. The highest BCUT2D eigenvalue weighted by Gasteiger charge is 2.09. The van der Waals surface area contributed by atoms with Gasteiger partial charge in [0.25, 0.3) is 0 Å². The summed E-state index contributed by atoms with van der Waals surface area (Å²) in [6, 6.07) is 0. The van der Waals surface area contributed by atoms with Gasteiger partial charge in [-0.2, -0.15) is 0 Å². The predicted molar refractivity (Wildman–Crippen MR) is 147 cm³/mol. The van der Waals surface area contributed by atoms with Gasteiger partial charge in [-0.15, -0.1) is 0 Å². The van der Waals surface area contributed by atoms with E-state index in [1.165, 1.54) is 161 Å². The van der Waals surface area contributed by atoms with Gasteiger partial charge in [0.05, 0.1) is 7.11 Å². The van der Waals surface area contributed by atoms with Crippen molar-refractivity contribution in [3.63, 3.8) is 0 Å². The number of carbonyl (C=O) groups excluding carboxylic acids is 1. The van der Waals surface area contributed by atoms with E-state index in [4.69, 9.17) is 4.74 Å². The fraction of sp³-hybridized carbons (Fsp3) is 0.968. The molecular formula is C31H62O2. The molecule has 0 amide bonds. The molecule has 0 spiro atoms. The highest BCUT2D eigenvalue weighted by molar-refractivity contribution is 5.68. The highest BCUT2D eigenvalue weighted by atomic mass is 16.5. The van der Waals surface area contributed by atoms with Gasteiger partial charge in [0, 0.05) is 6.42 Å². The molecule has 0 aliphatic carbocycles. The molecule has 0 aromatic carbocycles. The standard InChI is InChI=1S/C31H62O2/c1-4-6-8-10-11-12-13-14-15-16-17-18-19-23-27-30(26-22-9-7-5-2)28-24-20-21-25-29-31(32)33-3/h30H,4-29H2,1-3H3/t30-/m0/s1. The molecular weight excluding hydrogens is 404 g/mol. The van der Waals surface area contributed by atoms with Gasteiger partial charge in [-0.05, 0) is 12.3 Å². The van der Waals surface area contributed by atoms with Crippen LogP contribution in [-0.4, -0.2) is 13.1 Å². The van der Waals surface area contributed by atoms with Crippen molar-refractivity contribution >= 4 is 5.97 Å². The number of carbonyl (C=O) groups is 1. The van der Waals surface area contributed by atoms with Gasteiger partial charge in [0.2, 0.25) is 0 Å². The van der Waals surface area contributed by atoms with Crippen LogP contribution in [-0.2, 0) is 9.53 Å². The van der Waals surface area contributed by atoms with Crippen LogP contribution in [0.5, 0.6) is 0 Å². The van der Waals surface area contributed by atoms with Crippen LogP contribution in [0.4, 0.5) is 0 Å². The van der Waals surface area contributed by atoms with Crippen molar-refractivity contribution in [3.05, 3.63) is 0 Å². The Morgan fingerprint density at radius 3 is 1.15 bits per heavy atom. The van der Waals surface area contributed by atoms with Gasteiger partial charge < -0.3 is 4.74 Å². The topological polar surface area (TPSA) is 26.3 Å². The van der Waals surface area contributed by atoms with Gasteiger partial charge in [0.15, 0.2) is 0 Å². The van der Waals surface area contributed by atoms with Crippen LogP contribution >= 0.6 is 0 Å². The molecule has 0 heterocycles. The van der Waals surface area contributed by atoms with Gasteiger partial charge in [-0.1, -0.05) is 168 Å². The maximum atomic E-state index is 11.2. The zero-order chi connectivity index (χ0) is 24.2. The number of esters is 1. The lowest BCUT2D eigenvalue weighted by Gasteiger charge is -2.17. The Bertz CT molecular complexity index is 379. The minimum Gasteiger partial charge on any atom is -0.469 e. The molecule has 0 aliphatic rings. The number of hydrogen-bond donors (Lipinski definition) is 0. The lowest BCUT2D eigenvalue weighted by molar-refractivity contribution is -0.140. The summed E-state index contributed by atoms with van der Waals surface area (Å²) in [6.07, 6.45) is 35.6. The summed E-state index contributed by atoms with van der Waals surface area (Å²) in [6.45, 7) is 4.60. The predicted octanol–water partition coefficient (Wildman–Crippen LogP) is 11.0. The third-order valence-electron chi connectivity index (χ3n) is 7.40. The fourth-order valence-electron chi connectivity index (χ4n) is 5.08. The second kappa shape index (κ2) is 27.7. The first-order valence-electron chi connectivity index (χ1n) is 15.3. The summed E-state index contributed by atoms with van der Waals surface area (Å²) >= 11 is 0. The Labute approximate surface area is 209 Å². The van der Waals surface area contributed by atoms with Crippen LogP contribution < -0.4 is 0 Å². The summed E-state index contributed by atoms with van der Waals surface area (Å²) in [7, 11) is 1.49. The number of methoxy groups -OCH3 is 1. The Kier molecular flexibility index (Phi) is 27.3. The second-order valence-corrected chi connectivity index (χ2v) is 10.6. The van der Waals surface area contributed by atoms with E-state index < -0.39 is 0 Å². The molecule has 0 aromatic heterocycles. The molecule has 0 aliphatic heterocycles. The molecule has 0 bridgehead atoms. The van der Waals surface area contributed by atoms with E-state index in [9.17, 15) is 4.79 Å². The van der Waals surface area contributed by atoms with Crippen molar-refractivity contribution in [1.82, 2.24) is 0 Å². The molecule has 198 valence electrons. The molecule has 0 radical (unpaired) electrons. The Morgan fingerprint density at radius 2 is 0.788 bits per heavy atom. The van der Waals surface area contributed by atoms with Gasteiger partial charge in [-0.3, -0.25) is 4.79 Å². The summed E-state index contributed by atoms with van der Waals surface area (Å²) in [5.41, 5.74) is 0. The average molecular weight is 467 g/mol. The molecule has 0 unspecified atom stereocenters. The average Bonchev–Trinajstić information content (AvgIpc) is 2.83. The third-order valence-corrected chi connectivity index (χ3v) is 7.40. The number of rotatable bonds is 27. The molecule has 2 heteroatoms. The van der Waals surface area contributed by atoms with Gasteiger partial charge in [0.1, 0.15) is 0 Å². The molecule has 0 saturated carbocycles. The van der Waals surface area contributed by atoms with E-state index in [1.807, 2.05) is 0 Å². The summed E-state index contributed by atoms with van der Waals surface area (Å²) in [4.78, 5) is 11.2. The Morgan fingerprint density at radius 1 is 0.485 bits per heavy atom. The van der Waals surface area contributed by atoms with Crippen molar-refractivity contribution in [2.24, 2.45) is 5.92 Å². The monoisotopic (exact) mass is 466 g/mol. The Balaban J connectivity index is 3.66. The second-order valence-electron chi connectivity index (χ2n) is 10.6. The van der Waals surface area contributed by atoms with E-state index in [2.05, 4.69) is 13.8 Å². The van der Waals surface area contributed by atoms with Crippen molar-refractivity contribution in [2.45, 2.75) is 181 Å². The van der Waals surface area contributed by atoms with E-state index in [0.717, 1.165) is 12.3 Å². The molecule has 1 atom stereocenters.